The van der Waals surface area contributed by atoms with E-state index >= 15 is 0 Å². The van der Waals surface area contributed by atoms with Crippen LogP contribution in [0.1, 0.15) is 78.1 Å². The topological polar surface area (TPSA) is 99.4 Å². The fraction of sp³-hybridized carbons (Fsp3) is 0.833. The standard InChI is InChI=1S/C18H30N2O4/c1-3-4-6-9-15(21)12-16(22)24-14(2)17(23)20-18(13-19)10-7-5-8-11-18/h14-15,21H,3-12H2,1-2H3,(H,20,23)/t14-,15-/m0/s1. The maximum Gasteiger partial charge on any atom is 0.309 e. The predicted octanol–water partition coefficient (Wildman–Crippen LogP) is 2.59. The molecule has 0 aromatic rings. The lowest BCUT2D eigenvalue weighted by Crippen LogP contribution is -2.52. The molecule has 1 rings (SSSR count). The van der Waals surface area contributed by atoms with E-state index in [0.29, 0.717) is 19.3 Å². The summed E-state index contributed by atoms with van der Waals surface area (Å²) in [5, 5.41) is 21.9. The molecular weight excluding hydrogens is 308 g/mol. The van der Waals surface area contributed by atoms with Crippen molar-refractivity contribution in [1.82, 2.24) is 5.32 Å². The molecule has 0 aromatic heterocycles. The lowest BCUT2D eigenvalue weighted by molar-refractivity contribution is -0.157. The van der Waals surface area contributed by atoms with Gasteiger partial charge >= 0.3 is 5.97 Å². The number of hydrogen-bond donors (Lipinski definition) is 2. The van der Waals surface area contributed by atoms with Gasteiger partial charge in [-0.2, -0.15) is 5.26 Å². The Morgan fingerprint density at radius 1 is 1.29 bits per heavy atom. The largest absolute Gasteiger partial charge is 0.452 e. The number of carbonyl (C=O) groups is 2. The summed E-state index contributed by atoms with van der Waals surface area (Å²) >= 11 is 0. The smallest absolute Gasteiger partial charge is 0.309 e. The maximum atomic E-state index is 12.2. The van der Waals surface area contributed by atoms with Crippen LogP contribution in [-0.2, 0) is 14.3 Å². The highest BCUT2D eigenvalue weighted by Crippen LogP contribution is 2.27. The normalized spacial score (nSPS) is 18.9. The van der Waals surface area contributed by atoms with Gasteiger partial charge in [0.1, 0.15) is 5.54 Å². The van der Waals surface area contributed by atoms with Crippen LogP contribution in [0, 0.1) is 11.3 Å². The van der Waals surface area contributed by atoms with E-state index in [1.54, 1.807) is 0 Å². The third-order valence-corrected chi connectivity index (χ3v) is 4.50. The quantitative estimate of drug-likeness (QED) is 0.497. The number of carbonyl (C=O) groups excluding carboxylic acids is 2. The Balaban J connectivity index is 2.40. The van der Waals surface area contributed by atoms with Gasteiger partial charge in [-0.05, 0) is 26.2 Å². The number of aliphatic hydroxyl groups excluding tert-OH is 1. The molecule has 1 fully saturated rings. The van der Waals surface area contributed by atoms with Gasteiger partial charge in [0.05, 0.1) is 18.6 Å². The zero-order valence-electron chi connectivity index (χ0n) is 14.8. The summed E-state index contributed by atoms with van der Waals surface area (Å²) in [4.78, 5) is 24.0. The zero-order valence-corrected chi connectivity index (χ0v) is 14.8. The number of aliphatic hydroxyl groups is 1. The first kappa shape index (κ1) is 20.4. The second-order valence-corrected chi connectivity index (χ2v) is 6.73. The van der Waals surface area contributed by atoms with Crippen LogP contribution in [-0.4, -0.2) is 34.7 Å². The first-order valence-corrected chi connectivity index (χ1v) is 9.03. The van der Waals surface area contributed by atoms with Gasteiger partial charge in [0.25, 0.3) is 5.91 Å². The molecule has 24 heavy (non-hydrogen) atoms. The average molecular weight is 338 g/mol. The molecule has 1 amide bonds. The molecule has 0 radical (unpaired) electrons. The SMILES string of the molecule is CCCCC[C@H](O)CC(=O)O[C@@H](C)C(=O)NC1(C#N)CCCCC1. The van der Waals surface area contributed by atoms with E-state index in [4.69, 9.17) is 4.74 Å². The summed E-state index contributed by atoms with van der Waals surface area (Å²) in [6, 6.07) is 2.20. The molecule has 0 unspecified atom stereocenters. The third kappa shape index (κ3) is 6.88. The van der Waals surface area contributed by atoms with Crippen molar-refractivity contribution in [2.75, 3.05) is 0 Å². The van der Waals surface area contributed by atoms with E-state index in [1.165, 1.54) is 6.92 Å². The summed E-state index contributed by atoms with van der Waals surface area (Å²) in [5.74, 6) is -1.04. The molecule has 0 aromatic carbocycles. The van der Waals surface area contributed by atoms with Crippen molar-refractivity contribution in [2.45, 2.75) is 95.8 Å². The molecule has 0 aliphatic heterocycles. The summed E-state index contributed by atoms with van der Waals surface area (Å²) in [7, 11) is 0. The van der Waals surface area contributed by atoms with Gasteiger partial charge in [0, 0.05) is 0 Å². The monoisotopic (exact) mass is 338 g/mol. The Labute approximate surface area is 144 Å². The van der Waals surface area contributed by atoms with Crippen molar-refractivity contribution >= 4 is 11.9 Å². The number of ether oxygens (including phenoxy) is 1. The summed E-state index contributed by atoms with van der Waals surface area (Å²) in [5.41, 5.74) is -0.838. The van der Waals surface area contributed by atoms with E-state index in [9.17, 15) is 20.0 Å². The number of unbranched alkanes of at least 4 members (excludes halogenated alkanes) is 2. The van der Waals surface area contributed by atoms with Crippen LogP contribution in [0.25, 0.3) is 0 Å². The predicted molar refractivity (Wildman–Crippen MR) is 89.9 cm³/mol. The Morgan fingerprint density at radius 3 is 2.54 bits per heavy atom. The summed E-state index contributed by atoms with van der Waals surface area (Å²) < 4.78 is 5.10. The third-order valence-electron chi connectivity index (χ3n) is 4.50. The summed E-state index contributed by atoms with van der Waals surface area (Å²) in [6.45, 7) is 3.56. The Morgan fingerprint density at radius 2 is 1.96 bits per heavy atom. The molecule has 2 atom stereocenters. The van der Waals surface area contributed by atoms with Gasteiger partial charge in [0.2, 0.25) is 0 Å². The number of nitrogens with zero attached hydrogens (tertiary/aromatic N) is 1. The number of amides is 1. The highest BCUT2D eigenvalue weighted by molar-refractivity contribution is 5.84. The van der Waals surface area contributed by atoms with Gasteiger partial charge in [-0.15, -0.1) is 0 Å². The van der Waals surface area contributed by atoms with Crippen LogP contribution < -0.4 is 5.32 Å². The van der Waals surface area contributed by atoms with Crippen LogP contribution in [0.4, 0.5) is 0 Å². The van der Waals surface area contributed by atoms with Crippen LogP contribution in [0.2, 0.25) is 0 Å². The Hall–Kier alpha value is -1.61. The molecule has 1 saturated carbocycles. The molecule has 1 aliphatic rings. The van der Waals surface area contributed by atoms with E-state index < -0.39 is 29.6 Å². The van der Waals surface area contributed by atoms with Crippen molar-refractivity contribution in [1.29, 1.82) is 5.26 Å². The molecule has 0 bridgehead atoms. The van der Waals surface area contributed by atoms with Gasteiger partial charge in [-0.1, -0.05) is 45.4 Å². The molecule has 136 valence electrons. The van der Waals surface area contributed by atoms with Crippen LogP contribution in [0.5, 0.6) is 0 Å². The second-order valence-electron chi connectivity index (χ2n) is 6.73. The maximum absolute atomic E-state index is 12.2. The molecule has 2 N–H and O–H groups in total. The van der Waals surface area contributed by atoms with Crippen molar-refractivity contribution in [3.8, 4) is 6.07 Å². The molecule has 6 heteroatoms. The second kappa shape index (κ2) is 10.3. The lowest BCUT2D eigenvalue weighted by atomic mass is 9.83. The highest BCUT2D eigenvalue weighted by atomic mass is 16.5. The molecule has 0 spiro atoms. The fourth-order valence-corrected chi connectivity index (χ4v) is 2.98. The first-order chi connectivity index (χ1) is 11.4. The van der Waals surface area contributed by atoms with Crippen LogP contribution >= 0.6 is 0 Å². The van der Waals surface area contributed by atoms with Gasteiger partial charge in [0.15, 0.2) is 6.10 Å². The number of rotatable bonds is 9. The molecule has 0 saturated heterocycles. The minimum Gasteiger partial charge on any atom is -0.452 e. The average Bonchev–Trinajstić information content (AvgIpc) is 2.55. The number of nitrogens with one attached hydrogen (secondary N) is 1. The van der Waals surface area contributed by atoms with Crippen molar-refractivity contribution in [3.63, 3.8) is 0 Å². The van der Waals surface area contributed by atoms with Gasteiger partial charge in [-0.3, -0.25) is 9.59 Å². The highest BCUT2D eigenvalue weighted by Gasteiger charge is 2.35. The number of esters is 1. The zero-order chi connectivity index (χ0) is 18.0. The van der Waals surface area contributed by atoms with Gasteiger partial charge < -0.3 is 15.2 Å². The molecular formula is C18H30N2O4. The molecule has 1 aliphatic carbocycles. The minimum atomic E-state index is -0.965. The lowest BCUT2D eigenvalue weighted by Gasteiger charge is -2.32. The van der Waals surface area contributed by atoms with Crippen LogP contribution in [0.15, 0.2) is 0 Å². The van der Waals surface area contributed by atoms with Crippen molar-refractivity contribution < 1.29 is 19.4 Å². The fourth-order valence-electron chi connectivity index (χ4n) is 2.98. The van der Waals surface area contributed by atoms with E-state index in [-0.39, 0.29) is 6.42 Å². The number of nitriles is 1. The van der Waals surface area contributed by atoms with Crippen molar-refractivity contribution in [3.05, 3.63) is 0 Å². The van der Waals surface area contributed by atoms with Gasteiger partial charge in [-0.25, -0.2) is 0 Å². The molecule has 6 nitrogen and oxygen atoms in total. The van der Waals surface area contributed by atoms with E-state index in [2.05, 4.69) is 18.3 Å². The summed E-state index contributed by atoms with van der Waals surface area (Å²) in [6.07, 6.45) is 5.83. The Kier molecular flexibility index (Phi) is 8.77. The first-order valence-electron chi connectivity index (χ1n) is 9.03. The van der Waals surface area contributed by atoms with Crippen molar-refractivity contribution in [2.24, 2.45) is 0 Å². The number of hydrogen-bond acceptors (Lipinski definition) is 5. The Bertz CT molecular complexity index is 452. The van der Waals surface area contributed by atoms with E-state index in [0.717, 1.165) is 38.5 Å². The van der Waals surface area contributed by atoms with Crippen LogP contribution in [0.3, 0.4) is 0 Å². The molecule has 0 heterocycles. The van der Waals surface area contributed by atoms with E-state index in [1.807, 2.05) is 0 Å². The minimum absolute atomic E-state index is 0.106.